The fraction of sp³-hybridized carbons (Fsp3) is 0.111. The van der Waals surface area contributed by atoms with Crippen LogP contribution in [0.3, 0.4) is 0 Å². The number of nitro groups is 1. The fourth-order valence-electron chi connectivity index (χ4n) is 2.73. The maximum absolute atomic E-state index is 12.3. The average molecular weight is 481 g/mol. The predicted octanol–water partition coefficient (Wildman–Crippen LogP) is 3.46. The molecule has 0 aliphatic carbocycles. The number of phenols is 1. The lowest BCUT2D eigenvalue weighted by molar-refractivity contribution is -0.384. The monoisotopic (exact) mass is 481 g/mol. The minimum Gasteiger partial charge on any atom is -0.505 e. The van der Waals surface area contributed by atoms with E-state index in [1.165, 1.54) is 6.07 Å². The first-order chi connectivity index (χ1) is 15.0. The highest BCUT2D eigenvalue weighted by atomic mass is 32.3. The third kappa shape index (κ3) is 5.42. The van der Waals surface area contributed by atoms with Crippen LogP contribution in [-0.4, -0.2) is 43.8 Å². The summed E-state index contributed by atoms with van der Waals surface area (Å²) in [5, 5.41) is 30.7. The quantitative estimate of drug-likeness (QED) is 0.210. The van der Waals surface area contributed by atoms with Crippen molar-refractivity contribution in [3.05, 3.63) is 64.7 Å². The van der Waals surface area contributed by atoms with Gasteiger partial charge in [-0.05, 0) is 23.6 Å². The third-order valence-corrected chi connectivity index (χ3v) is 6.37. The summed E-state index contributed by atoms with van der Waals surface area (Å²) in [6.45, 7) is -0.877. The summed E-state index contributed by atoms with van der Waals surface area (Å²) in [5.74, 6) is -1.02. The zero-order valence-electron chi connectivity index (χ0n) is 16.0. The number of hydrogen-bond acceptors (Lipinski definition) is 10. The van der Waals surface area contributed by atoms with Gasteiger partial charge in [0.15, 0.2) is 21.3 Å². The van der Waals surface area contributed by atoms with Crippen molar-refractivity contribution in [2.75, 3.05) is 12.4 Å². The van der Waals surface area contributed by atoms with Gasteiger partial charge in [-0.15, -0.1) is 10.2 Å². The molecule has 168 valence electrons. The summed E-state index contributed by atoms with van der Waals surface area (Å²) in [4.78, 5) is 10.1. The number of azo groups is 1. The lowest BCUT2D eigenvalue weighted by atomic mass is 10.1. The number of aromatic hydroxyl groups is 1. The van der Waals surface area contributed by atoms with Crippen molar-refractivity contribution in [2.24, 2.45) is 10.2 Å². The Morgan fingerprint density at radius 1 is 0.969 bits per heavy atom. The van der Waals surface area contributed by atoms with Crippen molar-refractivity contribution in [3.8, 4) is 5.75 Å². The number of hydrogen-bond donors (Lipinski definition) is 2. The molecule has 0 amide bonds. The molecule has 0 aromatic heterocycles. The maximum atomic E-state index is 12.3. The first kappa shape index (κ1) is 23.2. The summed E-state index contributed by atoms with van der Waals surface area (Å²) < 4.78 is 58.1. The van der Waals surface area contributed by atoms with Crippen molar-refractivity contribution in [1.29, 1.82) is 0 Å². The molecule has 32 heavy (non-hydrogen) atoms. The molecule has 0 saturated carbocycles. The van der Waals surface area contributed by atoms with Gasteiger partial charge >= 0.3 is 10.4 Å². The van der Waals surface area contributed by atoms with Gasteiger partial charge in [-0.25, -0.2) is 12.6 Å². The van der Waals surface area contributed by atoms with Crippen molar-refractivity contribution >= 4 is 48.1 Å². The molecule has 0 radical (unpaired) electrons. The highest BCUT2D eigenvalue weighted by molar-refractivity contribution is 7.91. The van der Waals surface area contributed by atoms with E-state index in [4.69, 9.17) is 4.55 Å². The molecule has 0 heterocycles. The van der Waals surface area contributed by atoms with Crippen LogP contribution in [0.25, 0.3) is 10.8 Å². The van der Waals surface area contributed by atoms with Crippen LogP contribution in [0.15, 0.2) is 69.7 Å². The molecule has 0 fully saturated rings. The molecule has 12 nitrogen and oxygen atoms in total. The van der Waals surface area contributed by atoms with Crippen molar-refractivity contribution in [1.82, 2.24) is 0 Å². The molecule has 0 bridgehead atoms. The molecule has 14 heteroatoms. The molecule has 0 aliphatic rings. The summed E-state index contributed by atoms with van der Waals surface area (Å²) in [6.07, 6.45) is 0. The fourth-order valence-corrected chi connectivity index (χ4v) is 4.23. The normalized spacial score (nSPS) is 12.4. The van der Waals surface area contributed by atoms with E-state index in [0.29, 0.717) is 5.39 Å². The standard InChI is InChI=1S/C18H15N3O9S2/c22-18-14-4-2-1-3-12(14)5-7-16(18)20-19-15-8-6-13(11-17(15)21(23)24)31(25,26)10-9-30-32(27,28)29/h1-8,11,22H,9-10H2,(H,27,28,29). The number of rotatable bonds is 8. The van der Waals surface area contributed by atoms with Gasteiger partial charge in [-0.2, -0.15) is 8.42 Å². The molecule has 0 unspecified atom stereocenters. The molecule has 2 N–H and O–H groups in total. The van der Waals surface area contributed by atoms with Crippen LogP contribution < -0.4 is 0 Å². The van der Waals surface area contributed by atoms with Crippen molar-refractivity contribution in [3.63, 3.8) is 0 Å². The van der Waals surface area contributed by atoms with E-state index in [1.54, 1.807) is 30.3 Å². The van der Waals surface area contributed by atoms with E-state index in [-0.39, 0.29) is 17.1 Å². The topological polar surface area (TPSA) is 186 Å². The molecule has 0 atom stereocenters. The second-order valence-corrected chi connectivity index (χ2v) is 9.53. The SMILES string of the molecule is O=[N+]([O-])c1cc(S(=O)(=O)CCOS(=O)(=O)O)ccc1N=Nc1ccc2ccccc2c1O. The Morgan fingerprint density at radius 2 is 1.62 bits per heavy atom. The highest BCUT2D eigenvalue weighted by Gasteiger charge is 2.22. The zero-order valence-corrected chi connectivity index (χ0v) is 17.7. The minimum atomic E-state index is -4.83. The van der Waals surface area contributed by atoms with E-state index >= 15 is 0 Å². The van der Waals surface area contributed by atoms with Gasteiger partial charge < -0.3 is 5.11 Å². The van der Waals surface area contributed by atoms with E-state index < -0.39 is 48.1 Å². The Balaban J connectivity index is 1.92. The Hall–Kier alpha value is -3.46. The Labute approximate surface area is 181 Å². The first-order valence-corrected chi connectivity index (χ1v) is 11.8. The van der Waals surface area contributed by atoms with E-state index in [2.05, 4.69) is 14.4 Å². The van der Waals surface area contributed by atoms with Crippen LogP contribution >= 0.6 is 0 Å². The number of phenolic OH excluding ortho intramolecular Hbond substituents is 1. The van der Waals surface area contributed by atoms with Gasteiger partial charge in [0.25, 0.3) is 5.69 Å². The van der Waals surface area contributed by atoms with Crippen molar-refractivity contribution < 1.29 is 35.6 Å². The maximum Gasteiger partial charge on any atom is 0.397 e. The van der Waals surface area contributed by atoms with Gasteiger partial charge in [0.1, 0.15) is 5.69 Å². The second-order valence-electron chi connectivity index (χ2n) is 6.33. The minimum absolute atomic E-state index is 0.0528. The van der Waals surface area contributed by atoms with Crippen LogP contribution in [-0.2, 0) is 24.4 Å². The van der Waals surface area contributed by atoms with Crippen LogP contribution in [0.4, 0.5) is 17.1 Å². The lowest BCUT2D eigenvalue weighted by Crippen LogP contribution is -2.15. The summed E-state index contributed by atoms with van der Waals surface area (Å²) in [5.41, 5.74) is -0.890. The molecular formula is C18H15N3O9S2. The van der Waals surface area contributed by atoms with Gasteiger partial charge in [-0.1, -0.05) is 30.3 Å². The van der Waals surface area contributed by atoms with Crippen LogP contribution in [0, 0.1) is 10.1 Å². The van der Waals surface area contributed by atoms with Gasteiger partial charge in [0, 0.05) is 11.5 Å². The Bertz CT molecular complexity index is 1440. The molecule has 0 saturated heterocycles. The smallest absolute Gasteiger partial charge is 0.397 e. The molecule has 0 spiro atoms. The number of sulfone groups is 1. The predicted molar refractivity (Wildman–Crippen MR) is 112 cm³/mol. The summed E-state index contributed by atoms with van der Waals surface area (Å²) in [7, 11) is -9.00. The molecular weight excluding hydrogens is 466 g/mol. The summed E-state index contributed by atoms with van der Waals surface area (Å²) in [6, 6.07) is 12.9. The first-order valence-electron chi connectivity index (χ1n) is 8.73. The number of nitro benzene ring substituents is 1. The van der Waals surface area contributed by atoms with Crippen LogP contribution in [0.5, 0.6) is 5.75 Å². The summed E-state index contributed by atoms with van der Waals surface area (Å²) >= 11 is 0. The molecule has 3 aromatic rings. The molecule has 3 rings (SSSR count). The van der Waals surface area contributed by atoms with Gasteiger partial charge in [0.05, 0.1) is 22.2 Å². The van der Waals surface area contributed by atoms with E-state index in [9.17, 15) is 32.1 Å². The molecule has 3 aromatic carbocycles. The lowest BCUT2D eigenvalue weighted by Gasteiger charge is -2.06. The van der Waals surface area contributed by atoms with Crippen LogP contribution in [0.1, 0.15) is 0 Å². The average Bonchev–Trinajstić information content (AvgIpc) is 2.72. The van der Waals surface area contributed by atoms with Crippen molar-refractivity contribution in [2.45, 2.75) is 4.90 Å². The van der Waals surface area contributed by atoms with E-state index in [0.717, 1.165) is 23.6 Å². The highest BCUT2D eigenvalue weighted by Crippen LogP contribution is 2.37. The largest absolute Gasteiger partial charge is 0.505 e. The van der Waals surface area contributed by atoms with Gasteiger partial charge in [-0.3, -0.25) is 14.7 Å². The Kier molecular flexibility index (Phi) is 6.50. The second kappa shape index (κ2) is 8.96. The Morgan fingerprint density at radius 3 is 2.31 bits per heavy atom. The van der Waals surface area contributed by atoms with Gasteiger partial charge in [0.2, 0.25) is 0 Å². The number of nitrogens with zero attached hydrogens (tertiary/aromatic N) is 3. The third-order valence-electron chi connectivity index (χ3n) is 4.23. The number of fused-ring (bicyclic) bond motifs is 1. The van der Waals surface area contributed by atoms with E-state index in [1.807, 2.05) is 0 Å². The number of benzene rings is 3. The molecule has 0 aliphatic heterocycles. The van der Waals surface area contributed by atoms with Crippen LogP contribution in [0.2, 0.25) is 0 Å². The zero-order chi connectivity index (χ0) is 23.5.